The molecular formula is C19H21N5O4. The predicted octanol–water partition coefficient (Wildman–Crippen LogP) is 2.19. The summed E-state index contributed by atoms with van der Waals surface area (Å²) in [5.74, 6) is 1.50. The molecule has 1 aromatic heterocycles. The molecule has 0 fully saturated rings. The summed E-state index contributed by atoms with van der Waals surface area (Å²) >= 11 is 0. The number of anilines is 2. The van der Waals surface area contributed by atoms with Gasteiger partial charge < -0.3 is 25.3 Å². The zero-order valence-corrected chi connectivity index (χ0v) is 15.8. The number of benzene rings is 2. The minimum absolute atomic E-state index is 0.0321. The van der Waals surface area contributed by atoms with Crippen LogP contribution in [0.1, 0.15) is 16.1 Å². The molecule has 0 saturated carbocycles. The lowest BCUT2D eigenvalue weighted by Gasteiger charge is -2.09. The Morgan fingerprint density at radius 1 is 1.04 bits per heavy atom. The van der Waals surface area contributed by atoms with E-state index in [2.05, 4.69) is 15.6 Å². The van der Waals surface area contributed by atoms with Crippen LogP contribution in [-0.4, -0.2) is 42.2 Å². The highest BCUT2D eigenvalue weighted by atomic mass is 16.5. The Labute approximate surface area is 162 Å². The summed E-state index contributed by atoms with van der Waals surface area (Å²) in [5.41, 5.74) is 7.52. The van der Waals surface area contributed by atoms with E-state index in [0.29, 0.717) is 23.7 Å². The van der Waals surface area contributed by atoms with Crippen molar-refractivity contribution in [2.24, 2.45) is 0 Å². The molecule has 0 unspecified atom stereocenters. The van der Waals surface area contributed by atoms with Gasteiger partial charge in [-0.2, -0.15) is 0 Å². The fraction of sp³-hybridized carbons (Fsp3) is 0.211. The molecule has 0 saturated heterocycles. The normalized spacial score (nSPS) is 10.4. The van der Waals surface area contributed by atoms with Gasteiger partial charge in [-0.3, -0.25) is 4.79 Å². The second-order valence-electron chi connectivity index (χ2n) is 5.89. The first-order valence-electron chi connectivity index (χ1n) is 8.40. The number of ether oxygens (including phenoxy) is 3. The first-order valence-corrected chi connectivity index (χ1v) is 8.40. The first kappa shape index (κ1) is 19.0. The Bertz CT molecular complexity index is 964. The van der Waals surface area contributed by atoms with Gasteiger partial charge in [-0.05, 0) is 17.7 Å². The maximum absolute atomic E-state index is 12.6. The van der Waals surface area contributed by atoms with Gasteiger partial charge >= 0.3 is 0 Å². The van der Waals surface area contributed by atoms with E-state index in [1.54, 1.807) is 25.3 Å². The zero-order valence-electron chi connectivity index (χ0n) is 15.8. The summed E-state index contributed by atoms with van der Waals surface area (Å²) in [6, 6.07) is 12.5. The van der Waals surface area contributed by atoms with Crippen LogP contribution in [-0.2, 0) is 6.54 Å². The molecule has 0 aliphatic carbocycles. The third kappa shape index (κ3) is 4.14. The highest BCUT2D eigenvalue weighted by Gasteiger charge is 2.18. The molecule has 0 aliphatic rings. The number of nitrogens with two attached hydrogens (primary N) is 1. The summed E-state index contributed by atoms with van der Waals surface area (Å²) in [5, 5.41) is 10.6. The van der Waals surface area contributed by atoms with E-state index in [1.165, 1.54) is 18.9 Å². The van der Waals surface area contributed by atoms with Crippen molar-refractivity contribution in [3.8, 4) is 17.2 Å². The quantitative estimate of drug-likeness (QED) is 0.643. The molecule has 146 valence electrons. The summed E-state index contributed by atoms with van der Waals surface area (Å²) in [6.07, 6.45) is 0. The van der Waals surface area contributed by atoms with Crippen molar-refractivity contribution >= 4 is 17.4 Å². The molecule has 0 aliphatic heterocycles. The molecule has 3 aromatic rings. The Morgan fingerprint density at radius 3 is 2.36 bits per heavy atom. The maximum Gasteiger partial charge on any atom is 0.280 e. The van der Waals surface area contributed by atoms with E-state index in [4.69, 9.17) is 19.9 Å². The molecule has 0 radical (unpaired) electrons. The van der Waals surface area contributed by atoms with Gasteiger partial charge in [0.1, 0.15) is 17.2 Å². The van der Waals surface area contributed by atoms with E-state index in [1.807, 2.05) is 24.3 Å². The van der Waals surface area contributed by atoms with Crippen LogP contribution >= 0.6 is 0 Å². The largest absolute Gasteiger partial charge is 0.497 e. The number of hydrogen-bond acceptors (Lipinski definition) is 7. The number of nitrogens with one attached hydrogen (secondary N) is 1. The van der Waals surface area contributed by atoms with Crippen LogP contribution in [0.3, 0.4) is 0 Å². The summed E-state index contributed by atoms with van der Waals surface area (Å²) in [6.45, 7) is 0.357. The number of nitrogen functional groups attached to an aromatic ring is 1. The van der Waals surface area contributed by atoms with Crippen LogP contribution in [0.4, 0.5) is 11.5 Å². The Hall–Kier alpha value is -3.75. The van der Waals surface area contributed by atoms with Crippen LogP contribution in [0.2, 0.25) is 0 Å². The molecule has 28 heavy (non-hydrogen) atoms. The highest BCUT2D eigenvalue weighted by molar-refractivity contribution is 6.05. The van der Waals surface area contributed by atoms with Crippen LogP contribution in [0.25, 0.3) is 0 Å². The lowest BCUT2D eigenvalue weighted by Crippen LogP contribution is -2.15. The highest BCUT2D eigenvalue weighted by Crippen LogP contribution is 2.26. The van der Waals surface area contributed by atoms with Gasteiger partial charge in [0.25, 0.3) is 5.91 Å². The third-order valence-corrected chi connectivity index (χ3v) is 4.06. The van der Waals surface area contributed by atoms with Crippen molar-refractivity contribution in [2.45, 2.75) is 6.54 Å². The van der Waals surface area contributed by atoms with E-state index in [9.17, 15) is 4.79 Å². The van der Waals surface area contributed by atoms with Crippen molar-refractivity contribution < 1.29 is 19.0 Å². The Kier molecular flexibility index (Phi) is 5.64. The SMILES string of the molecule is COc1cccc(Cn2nnc(C(=O)Nc3cc(OC)cc(OC)c3)c2N)c1. The Morgan fingerprint density at radius 2 is 1.71 bits per heavy atom. The van der Waals surface area contributed by atoms with E-state index >= 15 is 0 Å². The predicted molar refractivity (Wildman–Crippen MR) is 104 cm³/mol. The molecule has 0 spiro atoms. The molecule has 2 aromatic carbocycles. The van der Waals surface area contributed by atoms with E-state index in [0.717, 1.165) is 11.3 Å². The van der Waals surface area contributed by atoms with Crippen LogP contribution < -0.4 is 25.3 Å². The second-order valence-corrected chi connectivity index (χ2v) is 5.89. The van der Waals surface area contributed by atoms with E-state index < -0.39 is 5.91 Å². The third-order valence-electron chi connectivity index (χ3n) is 4.06. The molecule has 1 heterocycles. The van der Waals surface area contributed by atoms with Crippen molar-refractivity contribution in [2.75, 3.05) is 32.4 Å². The van der Waals surface area contributed by atoms with Gasteiger partial charge in [0.05, 0.1) is 27.9 Å². The number of hydrogen-bond donors (Lipinski definition) is 2. The smallest absolute Gasteiger partial charge is 0.280 e. The van der Waals surface area contributed by atoms with Gasteiger partial charge in [0.15, 0.2) is 11.5 Å². The molecule has 9 heteroatoms. The van der Waals surface area contributed by atoms with Crippen molar-refractivity contribution in [3.63, 3.8) is 0 Å². The monoisotopic (exact) mass is 383 g/mol. The van der Waals surface area contributed by atoms with Gasteiger partial charge in [-0.15, -0.1) is 5.10 Å². The number of aromatic nitrogens is 3. The summed E-state index contributed by atoms with van der Waals surface area (Å²) in [4.78, 5) is 12.6. The summed E-state index contributed by atoms with van der Waals surface area (Å²) in [7, 11) is 4.66. The molecule has 1 amide bonds. The van der Waals surface area contributed by atoms with Gasteiger partial charge in [-0.25, -0.2) is 4.68 Å². The molecular weight excluding hydrogens is 362 g/mol. The van der Waals surface area contributed by atoms with E-state index in [-0.39, 0.29) is 11.5 Å². The van der Waals surface area contributed by atoms with Gasteiger partial charge in [0.2, 0.25) is 0 Å². The van der Waals surface area contributed by atoms with Crippen molar-refractivity contribution in [1.82, 2.24) is 15.0 Å². The molecule has 3 N–H and O–H groups in total. The maximum atomic E-state index is 12.6. The number of nitrogens with zero attached hydrogens (tertiary/aromatic N) is 3. The molecule has 3 rings (SSSR count). The summed E-state index contributed by atoms with van der Waals surface area (Å²) < 4.78 is 17.1. The van der Waals surface area contributed by atoms with Crippen molar-refractivity contribution in [3.05, 3.63) is 53.7 Å². The topological polar surface area (TPSA) is 114 Å². The number of rotatable bonds is 7. The van der Waals surface area contributed by atoms with Crippen LogP contribution in [0, 0.1) is 0 Å². The lowest BCUT2D eigenvalue weighted by atomic mass is 10.2. The van der Waals surface area contributed by atoms with Crippen LogP contribution in [0.5, 0.6) is 17.2 Å². The van der Waals surface area contributed by atoms with Gasteiger partial charge in [0, 0.05) is 23.9 Å². The standard InChI is InChI=1S/C19H21N5O4/c1-26-14-6-4-5-12(7-14)11-24-18(20)17(22-23-24)19(25)21-13-8-15(27-2)10-16(9-13)28-3/h4-10H,11,20H2,1-3H3,(H,21,25). The van der Waals surface area contributed by atoms with Gasteiger partial charge in [-0.1, -0.05) is 17.3 Å². The average Bonchev–Trinajstić information content (AvgIpc) is 3.08. The second kappa shape index (κ2) is 8.30. The minimum atomic E-state index is -0.482. The molecule has 0 bridgehead atoms. The van der Waals surface area contributed by atoms with Crippen LogP contribution in [0.15, 0.2) is 42.5 Å². The number of carbonyl (C=O) groups is 1. The minimum Gasteiger partial charge on any atom is -0.497 e. The first-order chi connectivity index (χ1) is 13.5. The fourth-order valence-corrected chi connectivity index (χ4v) is 2.61. The molecule has 9 nitrogen and oxygen atoms in total. The zero-order chi connectivity index (χ0) is 20.1. The number of carbonyl (C=O) groups excluding carboxylic acids is 1. The average molecular weight is 383 g/mol. The lowest BCUT2D eigenvalue weighted by molar-refractivity contribution is 0.102. The Balaban J connectivity index is 1.78. The van der Waals surface area contributed by atoms with Crippen molar-refractivity contribution in [1.29, 1.82) is 0 Å². The fourth-order valence-electron chi connectivity index (χ4n) is 2.61. The number of amides is 1. The number of methoxy groups -OCH3 is 3. The molecule has 0 atom stereocenters.